The maximum Gasteiger partial charge on any atom is 0.117 e. The van der Waals surface area contributed by atoms with Crippen LogP contribution in [0.4, 0.5) is 5.69 Å². The highest BCUT2D eigenvalue weighted by atomic mass is 16.3. The second-order valence-corrected chi connectivity index (χ2v) is 4.55. The quantitative estimate of drug-likeness (QED) is 0.805. The smallest absolute Gasteiger partial charge is 0.117 e. The van der Waals surface area contributed by atoms with Crippen molar-refractivity contribution in [2.24, 2.45) is 0 Å². The van der Waals surface area contributed by atoms with Gasteiger partial charge in [0.25, 0.3) is 0 Å². The summed E-state index contributed by atoms with van der Waals surface area (Å²) in [6.45, 7) is 1.87. The molecule has 92 valence electrons. The fourth-order valence-corrected chi connectivity index (χ4v) is 2.10. The summed E-state index contributed by atoms with van der Waals surface area (Å²) in [7, 11) is 0. The molecule has 0 saturated carbocycles. The molecule has 1 atom stereocenters. The molecule has 1 saturated heterocycles. The third-order valence-electron chi connectivity index (χ3n) is 3.16. The van der Waals surface area contributed by atoms with E-state index in [4.69, 9.17) is 0 Å². The summed E-state index contributed by atoms with van der Waals surface area (Å²) in [6, 6.07) is 17.8. The van der Waals surface area contributed by atoms with Crippen molar-refractivity contribution in [1.82, 2.24) is 5.32 Å². The maximum atomic E-state index is 9.44. The van der Waals surface area contributed by atoms with Gasteiger partial charge in [0.1, 0.15) is 5.75 Å². The van der Waals surface area contributed by atoms with Crippen LogP contribution in [0.1, 0.15) is 5.56 Å². The molecule has 0 aliphatic carbocycles. The van der Waals surface area contributed by atoms with Crippen LogP contribution in [0.15, 0.2) is 54.6 Å². The Bertz CT molecular complexity index is 527. The first-order valence-electron chi connectivity index (χ1n) is 6.16. The van der Waals surface area contributed by atoms with Gasteiger partial charge in [-0.05, 0) is 17.7 Å². The molecule has 18 heavy (non-hydrogen) atoms. The summed E-state index contributed by atoms with van der Waals surface area (Å²) < 4.78 is 0. The fraction of sp³-hybridized carbons (Fsp3) is 0.200. The molecule has 3 heteroatoms. The lowest BCUT2D eigenvalue weighted by Gasteiger charge is -2.07. The van der Waals surface area contributed by atoms with Crippen LogP contribution < -0.4 is 10.2 Å². The average Bonchev–Trinajstić information content (AvgIpc) is 3.17. The largest absolute Gasteiger partial charge is 0.508 e. The van der Waals surface area contributed by atoms with Crippen LogP contribution in [0, 0.1) is 0 Å². The molecule has 1 aliphatic heterocycles. The summed E-state index contributed by atoms with van der Waals surface area (Å²) >= 11 is 0. The van der Waals surface area contributed by atoms with E-state index >= 15 is 0 Å². The Morgan fingerprint density at radius 1 is 1.11 bits per heavy atom. The van der Waals surface area contributed by atoms with Gasteiger partial charge in [-0.15, -0.1) is 0 Å². The van der Waals surface area contributed by atoms with Crippen molar-refractivity contribution in [1.29, 1.82) is 0 Å². The van der Waals surface area contributed by atoms with Crippen molar-refractivity contribution in [3.05, 3.63) is 60.2 Å². The van der Waals surface area contributed by atoms with Crippen LogP contribution in [0.2, 0.25) is 0 Å². The van der Waals surface area contributed by atoms with E-state index in [1.165, 1.54) is 5.56 Å². The molecule has 2 aromatic carbocycles. The summed E-state index contributed by atoms with van der Waals surface area (Å²) in [5.74, 6) is 0.321. The van der Waals surface area contributed by atoms with E-state index in [9.17, 15) is 5.11 Å². The number of hydrogen-bond donors (Lipinski definition) is 2. The summed E-state index contributed by atoms with van der Waals surface area (Å²) in [4.78, 5) is 2.22. The van der Waals surface area contributed by atoms with Gasteiger partial charge in [0.15, 0.2) is 0 Å². The molecule has 0 amide bonds. The number of nitrogens with one attached hydrogen (secondary N) is 1. The third kappa shape index (κ3) is 2.46. The predicted molar refractivity (Wildman–Crippen MR) is 72.5 cm³/mol. The Kier molecular flexibility index (Phi) is 2.90. The van der Waals surface area contributed by atoms with E-state index in [1.54, 1.807) is 12.1 Å². The zero-order chi connectivity index (χ0) is 12.4. The molecule has 0 radical (unpaired) electrons. The zero-order valence-corrected chi connectivity index (χ0v) is 10.1. The second kappa shape index (κ2) is 4.70. The SMILES string of the molecule is Oc1cccc(N2CC2NCc2ccccc2)c1. The molecule has 2 N–H and O–H groups in total. The second-order valence-electron chi connectivity index (χ2n) is 4.55. The predicted octanol–water partition coefficient (Wildman–Crippen LogP) is 2.33. The topological polar surface area (TPSA) is 35.3 Å². The molecule has 1 fully saturated rings. The van der Waals surface area contributed by atoms with Gasteiger partial charge in [0.05, 0.1) is 12.7 Å². The first kappa shape index (κ1) is 11.1. The van der Waals surface area contributed by atoms with Gasteiger partial charge in [-0.1, -0.05) is 36.4 Å². The van der Waals surface area contributed by atoms with Crippen LogP contribution in [-0.4, -0.2) is 17.8 Å². The third-order valence-corrected chi connectivity index (χ3v) is 3.16. The number of phenols is 1. The molecular weight excluding hydrogens is 224 g/mol. The number of aromatic hydroxyl groups is 1. The molecule has 1 heterocycles. The van der Waals surface area contributed by atoms with Gasteiger partial charge in [0, 0.05) is 18.3 Å². The van der Waals surface area contributed by atoms with Gasteiger partial charge in [0.2, 0.25) is 0 Å². The minimum absolute atomic E-state index is 0.321. The Labute approximate surface area is 107 Å². The minimum atomic E-state index is 0.321. The van der Waals surface area contributed by atoms with Crippen molar-refractivity contribution < 1.29 is 5.11 Å². The highest BCUT2D eigenvalue weighted by Crippen LogP contribution is 2.28. The maximum absolute atomic E-state index is 9.44. The van der Waals surface area contributed by atoms with Crippen molar-refractivity contribution in [2.45, 2.75) is 12.7 Å². The van der Waals surface area contributed by atoms with E-state index in [-0.39, 0.29) is 0 Å². The highest BCUT2D eigenvalue weighted by Gasteiger charge is 2.33. The van der Waals surface area contributed by atoms with Crippen LogP contribution in [0.25, 0.3) is 0 Å². The van der Waals surface area contributed by atoms with E-state index < -0.39 is 0 Å². The molecule has 0 spiro atoms. The number of rotatable bonds is 4. The minimum Gasteiger partial charge on any atom is -0.508 e. The number of benzene rings is 2. The van der Waals surface area contributed by atoms with Gasteiger partial charge in [-0.3, -0.25) is 5.32 Å². The van der Waals surface area contributed by atoms with Crippen molar-refractivity contribution in [3.8, 4) is 5.75 Å². The zero-order valence-electron chi connectivity index (χ0n) is 10.1. The Morgan fingerprint density at radius 2 is 1.94 bits per heavy atom. The van der Waals surface area contributed by atoms with Crippen molar-refractivity contribution >= 4 is 5.69 Å². The number of anilines is 1. The number of phenolic OH excluding ortho intramolecular Hbond substituents is 1. The normalized spacial score (nSPS) is 17.8. The first-order valence-corrected chi connectivity index (χ1v) is 6.16. The van der Waals surface area contributed by atoms with Gasteiger partial charge in [-0.25, -0.2) is 0 Å². The van der Waals surface area contributed by atoms with Gasteiger partial charge in [-0.2, -0.15) is 0 Å². The van der Waals surface area contributed by atoms with E-state index in [2.05, 4.69) is 34.5 Å². The van der Waals surface area contributed by atoms with Crippen molar-refractivity contribution in [2.75, 3.05) is 11.4 Å². The van der Waals surface area contributed by atoms with Gasteiger partial charge >= 0.3 is 0 Å². The van der Waals surface area contributed by atoms with Crippen LogP contribution in [0.3, 0.4) is 0 Å². The molecule has 0 aromatic heterocycles. The van der Waals surface area contributed by atoms with Crippen molar-refractivity contribution in [3.63, 3.8) is 0 Å². The monoisotopic (exact) mass is 240 g/mol. The average molecular weight is 240 g/mol. The highest BCUT2D eigenvalue weighted by molar-refractivity contribution is 5.56. The van der Waals surface area contributed by atoms with E-state index in [1.807, 2.05) is 18.2 Å². The molecule has 3 nitrogen and oxygen atoms in total. The van der Waals surface area contributed by atoms with Crippen LogP contribution in [0.5, 0.6) is 5.75 Å². The molecule has 1 unspecified atom stereocenters. The lowest BCUT2D eigenvalue weighted by atomic mass is 10.2. The fourth-order valence-electron chi connectivity index (χ4n) is 2.10. The molecule has 0 bridgehead atoms. The van der Waals surface area contributed by atoms with Gasteiger partial charge < -0.3 is 10.0 Å². The summed E-state index contributed by atoms with van der Waals surface area (Å²) in [5.41, 5.74) is 2.36. The standard InChI is InChI=1S/C15H16N2O/c18-14-8-4-7-13(9-14)17-11-15(17)16-10-12-5-2-1-3-6-12/h1-9,15-16,18H,10-11H2. The van der Waals surface area contributed by atoms with Crippen LogP contribution in [-0.2, 0) is 6.54 Å². The lowest BCUT2D eigenvalue weighted by molar-refractivity contribution is 0.475. The van der Waals surface area contributed by atoms with Crippen LogP contribution >= 0.6 is 0 Å². The summed E-state index contributed by atoms with van der Waals surface area (Å²) in [6.07, 6.45) is 0.381. The molecule has 2 aromatic rings. The first-order chi connectivity index (χ1) is 8.83. The molecule has 1 aliphatic rings. The Balaban J connectivity index is 1.56. The number of nitrogens with zero attached hydrogens (tertiary/aromatic N) is 1. The van der Waals surface area contributed by atoms with E-state index in [0.717, 1.165) is 18.8 Å². The Hall–Kier alpha value is -2.00. The number of hydrogen-bond acceptors (Lipinski definition) is 3. The lowest BCUT2D eigenvalue weighted by Crippen LogP contribution is -2.20. The Morgan fingerprint density at radius 3 is 2.72 bits per heavy atom. The summed E-state index contributed by atoms with van der Waals surface area (Å²) in [5, 5.41) is 12.9. The molecule has 3 rings (SSSR count). The molecular formula is C15H16N2O. The van der Waals surface area contributed by atoms with E-state index in [0.29, 0.717) is 11.9 Å².